The van der Waals surface area contributed by atoms with Crippen molar-refractivity contribution >= 4 is 35.8 Å². The zero-order valence-corrected chi connectivity index (χ0v) is 20.3. The molecule has 29 heavy (non-hydrogen) atoms. The SMILES string of the molecule is CCNC(=NCc1ccc(OC(C)C)nc1)NCCCN1CCCCCC1=O.I. The Labute approximate surface area is 192 Å². The number of nitrogens with one attached hydrogen (secondary N) is 2. The highest BCUT2D eigenvalue weighted by Gasteiger charge is 2.15. The molecule has 7 nitrogen and oxygen atoms in total. The first kappa shape index (κ1) is 25.5. The number of pyridine rings is 1. The molecular weight excluding hydrogens is 481 g/mol. The number of hydrogen-bond acceptors (Lipinski definition) is 4. The second-order valence-electron chi connectivity index (χ2n) is 7.34. The van der Waals surface area contributed by atoms with E-state index in [4.69, 9.17) is 4.74 Å². The smallest absolute Gasteiger partial charge is 0.222 e. The number of ether oxygens (including phenoxy) is 1. The van der Waals surface area contributed by atoms with Gasteiger partial charge in [-0.15, -0.1) is 24.0 Å². The minimum absolute atomic E-state index is 0. The summed E-state index contributed by atoms with van der Waals surface area (Å²) in [5.41, 5.74) is 1.03. The molecule has 1 aromatic heterocycles. The number of aliphatic imine (C=N–C) groups is 1. The fourth-order valence-electron chi connectivity index (χ4n) is 3.08. The van der Waals surface area contributed by atoms with Crippen molar-refractivity contribution in [2.45, 2.75) is 65.5 Å². The molecule has 0 aliphatic carbocycles. The van der Waals surface area contributed by atoms with E-state index in [9.17, 15) is 4.79 Å². The van der Waals surface area contributed by atoms with Gasteiger partial charge in [0.1, 0.15) is 0 Å². The molecule has 0 bridgehead atoms. The van der Waals surface area contributed by atoms with Crippen molar-refractivity contribution in [3.63, 3.8) is 0 Å². The van der Waals surface area contributed by atoms with Crippen molar-refractivity contribution in [3.05, 3.63) is 23.9 Å². The quantitative estimate of drug-likeness (QED) is 0.228. The molecule has 1 saturated heterocycles. The topological polar surface area (TPSA) is 78.9 Å². The van der Waals surface area contributed by atoms with Crippen molar-refractivity contribution in [1.29, 1.82) is 0 Å². The van der Waals surface area contributed by atoms with E-state index in [2.05, 4.69) is 20.6 Å². The van der Waals surface area contributed by atoms with Crippen LogP contribution in [0.1, 0.15) is 58.4 Å². The van der Waals surface area contributed by atoms with Gasteiger partial charge >= 0.3 is 0 Å². The fraction of sp³-hybridized carbons (Fsp3) is 0.667. The molecule has 8 heteroatoms. The minimum atomic E-state index is 0. The lowest BCUT2D eigenvalue weighted by Crippen LogP contribution is -2.39. The average molecular weight is 517 g/mol. The second kappa shape index (κ2) is 14.4. The molecule has 0 radical (unpaired) electrons. The summed E-state index contributed by atoms with van der Waals surface area (Å²) in [5, 5.41) is 6.62. The average Bonchev–Trinajstić information content (AvgIpc) is 2.88. The summed E-state index contributed by atoms with van der Waals surface area (Å²) >= 11 is 0. The maximum atomic E-state index is 12.0. The molecule has 1 fully saturated rings. The monoisotopic (exact) mass is 517 g/mol. The number of rotatable bonds is 9. The highest BCUT2D eigenvalue weighted by atomic mass is 127. The lowest BCUT2D eigenvalue weighted by Gasteiger charge is -2.20. The van der Waals surface area contributed by atoms with Crippen LogP contribution in [0.3, 0.4) is 0 Å². The Bertz CT molecular complexity index is 622. The van der Waals surface area contributed by atoms with E-state index < -0.39 is 0 Å². The number of nitrogens with zero attached hydrogens (tertiary/aromatic N) is 3. The van der Waals surface area contributed by atoms with E-state index >= 15 is 0 Å². The number of aromatic nitrogens is 1. The first-order chi connectivity index (χ1) is 13.6. The summed E-state index contributed by atoms with van der Waals surface area (Å²) in [6.07, 6.45) is 6.85. The summed E-state index contributed by atoms with van der Waals surface area (Å²) in [6.45, 7) is 9.86. The van der Waals surface area contributed by atoms with Crippen LogP contribution in [0.2, 0.25) is 0 Å². The van der Waals surface area contributed by atoms with Crippen LogP contribution in [-0.2, 0) is 11.3 Å². The van der Waals surface area contributed by atoms with Crippen LogP contribution < -0.4 is 15.4 Å². The molecule has 0 atom stereocenters. The number of guanidine groups is 1. The summed E-state index contributed by atoms with van der Waals surface area (Å²) < 4.78 is 5.56. The lowest BCUT2D eigenvalue weighted by molar-refractivity contribution is -0.130. The Morgan fingerprint density at radius 3 is 2.79 bits per heavy atom. The predicted octanol–water partition coefficient (Wildman–Crippen LogP) is 3.33. The Kier molecular flexibility index (Phi) is 12.6. The van der Waals surface area contributed by atoms with Crippen molar-refractivity contribution in [2.75, 3.05) is 26.2 Å². The van der Waals surface area contributed by atoms with Gasteiger partial charge in [-0.05, 0) is 45.6 Å². The standard InChI is InChI=1S/C21H35N5O2.HI/c1-4-22-21(23-12-8-14-26-13-7-5-6-9-20(26)27)25-16-18-10-11-19(24-15-18)28-17(2)3;/h10-11,15,17H,4-9,12-14,16H2,1-3H3,(H2,22,23,25);1H. The zero-order valence-electron chi connectivity index (χ0n) is 17.9. The number of hydrogen-bond donors (Lipinski definition) is 2. The molecule has 2 rings (SSSR count). The summed E-state index contributed by atoms with van der Waals surface area (Å²) in [4.78, 5) is 23.0. The van der Waals surface area contributed by atoms with Gasteiger partial charge in [0.2, 0.25) is 11.8 Å². The van der Waals surface area contributed by atoms with E-state index in [0.29, 0.717) is 24.8 Å². The van der Waals surface area contributed by atoms with Crippen molar-refractivity contribution in [3.8, 4) is 5.88 Å². The normalized spacial score (nSPS) is 15.0. The van der Waals surface area contributed by atoms with E-state index in [1.807, 2.05) is 37.8 Å². The van der Waals surface area contributed by atoms with Gasteiger partial charge in [0, 0.05) is 44.9 Å². The van der Waals surface area contributed by atoms with Crippen LogP contribution >= 0.6 is 24.0 Å². The van der Waals surface area contributed by atoms with E-state index in [-0.39, 0.29) is 30.1 Å². The number of carbonyl (C=O) groups is 1. The van der Waals surface area contributed by atoms with Gasteiger partial charge < -0.3 is 20.3 Å². The van der Waals surface area contributed by atoms with Gasteiger partial charge in [0.05, 0.1) is 12.6 Å². The van der Waals surface area contributed by atoms with Crippen LogP contribution in [0, 0.1) is 0 Å². The van der Waals surface area contributed by atoms with E-state index in [0.717, 1.165) is 63.4 Å². The van der Waals surface area contributed by atoms with Gasteiger partial charge in [-0.25, -0.2) is 9.98 Å². The van der Waals surface area contributed by atoms with Gasteiger partial charge in [0.25, 0.3) is 0 Å². The Morgan fingerprint density at radius 2 is 2.10 bits per heavy atom. The Morgan fingerprint density at radius 1 is 1.28 bits per heavy atom. The molecule has 2 N–H and O–H groups in total. The number of likely N-dealkylation sites (tertiary alicyclic amines) is 1. The molecule has 0 spiro atoms. The summed E-state index contributed by atoms with van der Waals surface area (Å²) in [7, 11) is 0. The van der Waals surface area contributed by atoms with Crippen LogP contribution in [0.4, 0.5) is 0 Å². The van der Waals surface area contributed by atoms with Crippen LogP contribution in [0.15, 0.2) is 23.3 Å². The fourth-order valence-corrected chi connectivity index (χ4v) is 3.08. The molecular formula is C21H36IN5O2. The van der Waals surface area contributed by atoms with Crippen LogP contribution in [-0.4, -0.2) is 54.0 Å². The number of amides is 1. The summed E-state index contributed by atoms with van der Waals surface area (Å²) in [6, 6.07) is 3.87. The first-order valence-corrected chi connectivity index (χ1v) is 10.5. The lowest BCUT2D eigenvalue weighted by atomic mass is 10.2. The van der Waals surface area contributed by atoms with Gasteiger partial charge in [-0.2, -0.15) is 0 Å². The van der Waals surface area contributed by atoms with Crippen molar-refractivity contribution in [1.82, 2.24) is 20.5 Å². The second-order valence-corrected chi connectivity index (χ2v) is 7.34. The molecule has 1 amide bonds. The molecule has 1 aliphatic heterocycles. The molecule has 0 aromatic carbocycles. The van der Waals surface area contributed by atoms with Crippen LogP contribution in [0.5, 0.6) is 5.88 Å². The van der Waals surface area contributed by atoms with Crippen LogP contribution in [0.25, 0.3) is 0 Å². The zero-order chi connectivity index (χ0) is 20.2. The van der Waals surface area contributed by atoms with Crippen molar-refractivity contribution < 1.29 is 9.53 Å². The maximum Gasteiger partial charge on any atom is 0.222 e. The molecule has 2 heterocycles. The van der Waals surface area contributed by atoms with E-state index in [1.165, 1.54) is 0 Å². The third kappa shape index (κ3) is 10.1. The van der Waals surface area contributed by atoms with Gasteiger partial charge in [-0.1, -0.05) is 12.5 Å². The largest absolute Gasteiger partial charge is 0.475 e. The summed E-state index contributed by atoms with van der Waals surface area (Å²) in [5.74, 6) is 1.72. The Balaban J connectivity index is 0.00000420. The first-order valence-electron chi connectivity index (χ1n) is 10.5. The van der Waals surface area contributed by atoms with Gasteiger partial charge in [-0.3, -0.25) is 4.79 Å². The van der Waals surface area contributed by atoms with E-state index in [1.54, 1.807) is 6.20 Å². The Hall–Kier alpha value is -1.58. The van der Waals surface area contributed by atoms with Crippen molar-refractivity contribution in [2.24, 2.45) is 4.99 Å². The maximum absolute atomic E-state index is 12.0. The highest BCUT2D eigenvalue weighted by Crippen LogP contribution is 2.11. The molecule has 1 aromatic rings. The highest BCUT2D eigenvalue weighted by molar-refractivity contribution is 14.0. The van der Waals surface area contributed by atoms with Gasteiger partial charge in [0.15, 0.2) is 5.96 Å². The number of carbonyl (C=O) groups excluding carboxylic acids is 1. The third-order valence-electron chi connectivity index (χ3n) is 4.49. The number of halogens is 1. The molecule has 164 valence electrons. The minimum Gasteiger partial charge on any atom is -0.475 e. The molecule has 1 aliphatic rings. The molecule has 0 unspecified atom stereocenters. The third-order valence-corrected chi connectivity index (χ3v) is 4.49. The molecule has 0 saturated carbocycles. The predicted molar refractivity (Wildman–Crippen MR) is 128 cm³/mol.